The van der Waals surface area contributed by atoms with Gasteiger partial charge in [0.05, 0.1) is 0 Å². The summed E-state index contributed by atoms with van der Waals surface area (Å²) in [5.41, 5.74) is 4.93. The van der Waals surface area contributed by atoms with E-state index in [1.165, 1.54) is 25.7 Å². The Morgan fingerprint density at radius 1 is 1.38 bits per heavy atom. The molecule has 0 heterocycles. The summed E-state index contributed by atoms with van der Waals surface area (Å²) in [6.07, 6.45) is 6.05. The van der Waals surface area contributed by atoms with Gasteiger partial charge in [-0.15, -0.1) is 0 Å². The molecule has 78 valence electrons. The molecule has 13 heavy (non-hydrogen) atoms. The van der Waals surface area contributed by atoms with E-state index in [9.17, 15) is 4.79 Å². The van der Waals surface area contributed by atoms with Gasteiger partial charge in [-0.2, -0.15) is 0 Å². The van der Waals surface area contributed by atoms with E-state index in [0.29, 0.717) is 6.54 Å². The summed E-state index contributed by atoms with van der Waals surface area (Å²) in [5.74, 6) is 0.818. The lowest BCUT2D eigenvalue weighted by Crippen LogP contribution is -2.30. The summed E-state index contributed by atoms with van der Waals surface area (Å²) < 4.78 is 0. The summed E-state index contributed by atoms with van der Waals surface area (Å²) in [6.45, 7) is 5.21. The van der Waals surface area contributed by atoms with Gasteiger partial charge in [-0.25, -0.2) is 4.79 Å². The number of amides is 2. The van der Waals surface area contributed by atoms with Crippen LogP contribution in [0.4, 0.5) is 4.79 Å². The van der Waals surface area contributed by atoms with Crippen LogP contribution in [-0.2, 0) is 0 Å². The monoisotopic (exact) mass is 186 g/mol. The normalized spacial score (nSPS) is 12.5. The van der Waals surface area contributed by atoms with E-state index < -0.39 is 6.03 Å². The van der Waals surface area contributed by atoms with Crippen LogP contribution >= 0.6 is 0 Å². The number of urea groups is 1. The molecule has 2 amide bonds. The van der Waals surface area contributed by atoms with E-state index in [2.05, 4.69) is 19.2 Å². The molecule has 0 saturated heterocycles. The zero-order chi connectivity index (χ0) is 10.1. The lowest BCUT2D eigenvalue weighted by Gasteiger charge is -2.09. The first-order valence-corrected chi connectivity index (χ1v) is 5.20. The van der Waals surface area contributed by atoms with E-state index in [-0.39, 0.29) is 0 Å². The number of carbonyl (C=O) groups excluding carboxylic acids is 1. The fourth-order valence-electron chi connectivity index (χ4n) is 1.47. The largest absolute Gasteiger partial charge is 0.352 e. The number of carbonyl (C=O) groups is 1. The minimum Gasteiger partial charge on any atom is -0.352 e. The fraction of sp³-hybridized carbons (Fsp3) is 0.900. The van der Waals surface area contributed by atoms with Crippen molar-refractivity contribution in [2.24, 2.45) is 11.7 Å². The summed E-state index contributed by atoms with van der Waals surface area (Å²) in [5, 5.41) is 2.59. The maximum atomic E-state index is 10.3. The predicted molar refractivity (Wildman–Crippen MR) is 55.5 cm³/mol. The number of hydrogen-bond acceptors (Lipinski definition) is 1. The van der Waals surface area contributed by atoms with Crippen LogP contribution in [0, 0.1) is 5.92 Å². The Hall–Kier alpha value is -0.730. The number of unbranched alkanes of at least 4 members (excludes halogenated alkanes) is 1. The average Bonchev–Trinajstić information content (AvgIpc) is 2.03. The molecule has 0 aromatic rings. The van der Waals surface area contributed by atoms with Gasteiger partial charge in [-0.3, -0.25) is 0 Å². The highest BCUT2D eigenvalue weighted by molar-refractivity contribution is 5.71. The van der Waals surface area contributed by atoms with Gasteiger partial charge in [0, 0.05) is 6.54 Å². The van der Waals surface area contributed by atoms with Gasteiger partial charge in [0.25, 0.3) is 0 Å². The molecule has 3 N–H and O–H groups in total. The van der Waals surface area contributed by atoms with Crippen molar-refractivity contribution in [3.8, 4) is 0 Å². The summed E-state index contributed by atoms with van der Waals surface area (Å²) in [4.78, 5) is 10.3. The van der Waals surface area contributed by atoms with Crippen molar-refractivity contribution in [3.63, 3.8) is 0 Å². The summed E-state index contributed by atoms with van der Waals surface area (Å²) in [6, 6.07) is -0.415. The van der Waals surface area contributed by atoms with Crippen molar-refractivity contribution in [2.75, 3.05) is 6.54 Å². The van der Waals surface area contributed by atoms with Crippen molar-refractivity contribution in [1.29, 1.82) is 0 Å². The Balaban J connectivity index is 3.11. The lowest BCUT2D eigenvalue weighted by atomic mass is 9.99. The van der Waals surface area contributed by atoms with Gasteiger partial charge >= 0.3 is 6.03 Å². The topological polar surface area (TPSA) is 55.1 Å². The molecule has 0 fully saturated rings. The van der Waals surface area contributed by atoms with E-state index >= 15 is 0 Å². The third-order valence-electron chi connectivity index (χ3n) is 2.20. The van der Waals surface area contributed by atoms with Crippen molar-refractivity contribution in [3.05, 3.63) is 0 Å². The summed E-state index contributed by atoms with van der Waals surface area (Å²) in [7, 11) is 0. The molecule has 1 unspecified atom stereocenters. The summed E-state index contributed by atoms with van der Waals surface area (Å²) >= 11 is 0. The molecule has 0 aromatic heterocycles. The van der Waals surface area contributed by atoms with Crippen LogP contribution in [0.1, 0.15) is 46.0 Å². The minimum absolute atomic E-state index is 0.415. The molecular formula is C10H22N2O. The SMILES string of the molecule is CCCC(C)CCCCNC(N)=O. The Kier molecular flexibility index (Phi) is 7.45. The molecule has 0 rings (SSSR count). The van der Waals surface area contributed by atoms with Crippen molar-refractivity contribution in [1.82, 2.24) is 5.32 Å². The first-order valence-electron chi connectivity index (χ1n) is 5.20. The third kappa shape index (κ3) is 9.18. The van der Waals surface area contributed by atoms with Gasteiger partial charge in [-0.1, -0.05) is 39.5 Å². The number of rotatable bonds is 7. The molecule has 3 heteroatoms. The van der Waals surface area contributed by atoms with Crippen LogP contribution in [0.15, 0.2) is 0 Å². The van der Waals surface area contributed by atoms with Crippen LogP contribution < -0.4 is 11.1 Å². The second-order valence-corrected chi connectivity index (χ2v) is 3.68. The van der Waals surface area contributed by atoms with Crippen molar-refractivity contribution in [2.45, 2.75) is 46.0 Å². The van der Waals surface area contributed by atoms with Crippen LogP contribution in [0.25, 0.3) is 0 Å². The highest BCUT2D eigenvalue weighted by atomic mass is 16.2. The maximum Gasteiger partial charge on any atom is 0.312 e. The predicted octanol–water partition coefficient (Wildman–Crippen LogP) is 2.26. The highest BCUT2D eigenvalue weighted by Gasteiger charge is 1.99. The molecule has 0 spiro atoms. The van der Waals surface area contributed by atoms with Crippen LogP contribution in [0.2, 0.25) is 0 Å². The zero-order valence-corrected chi connectivity index (χ0v) is 8.81. The Bertz CT molecular complexity index is 137. The molecule has 3 nitrogen and oxygen atoms in total. The van der Waals surface area contributed by atoms with E-state index in [0.717, 1.165) is 12.3 Å². The molecule has 1 atom stereocenters. The second-order valence-electron chi connectivity index (χ2n) is 3.68. The number of nitrogens with one attached hydrogen (secondary N) is 1. The van der Waals surface area contributed by atoms with E-state index in [4.69, 9.17) is 5.73 Å². The van der Waals surface area contributed by atoms with Gasteiger partial charge in [0.2, 0.25) is 0 Å². The number of nitrogens with two attached hydrogens (primary N) is 1. The molecule has 0 aromatic carbocycles. The van der Waals surface area contributed by atoms with E-state index in [1.807, 2.05) is 0 Å². The smallest absolute Gasteiger partial charge is 0.312 e. The minimum atomic E-state index is -0.415. The lowest BCUT2D eigenvalue weighted by molar-refractivity contribution is 0.248. The molecule has 0 bridgehead atoms. The molecule has 0 radical (unpaired) electrons. The standard InChI is InChI=1S/C10H22N2O/c1-3-6-9(2)7-4-5-8-12-10(11)13/h9H,3-8H2,1-2H3,(H3,11,12,13). The van der Waals surface area contributed by atoms with Crippen molar-refractivity contribution >= 4 is 6.03 Å². The number of primary amides is 1. The van der Waals surface area contributed by atoms with Gasteiger partial charge in [0.1, 0.15) is 0 Å². The fourth-order valence-corrected chi connectivity index (χ4v) is 1.47. The van der Waals surface area contributed by atoms with Crippen LogP contribution in [0.3, 0.4) is 0 Å². The average molecular weight is 186 g/mol. The molecule has 0 saturated carbocycles. The molecule has 0 aliphatic heterocycles. The molecular weight excluding hydrogens is 164 g/mol. The van der Waals surface area contributed by atoms with Crippen molar-refractivity contribution < 1.29 is 4.79 Å². The van der Waals surface area contributed by atoms with Crippen LogP contribution in [-0.4, -0.2) is 12.6 Å². The molecule has 0 aliphatic rings. The Labute approximate surface area is 81.1 Å². The maximum absolute atomic E-state index is 10.3. The number of hydrogen-bond donors (Lipinski definition) is 2. The van der Waals surface area contributed by atoms with Gasteiger partial charge < -0.3 is 11.1 Å². The quantitative estimate of drug-likeness (QED) is 0.589. The third-order valence-corrected chi connectivity index (χ3v) is 2.20. The Morgan fingerprint density at radius 2 is 2.08 bits per heavy atom. The molecule has 0 aliphatic carbocycles. The highest BCUT2D eigenvalue weighted by Crippen LogP contribution is 2.12. The van der Waals surface area contributed by atoms with Crippen LogP contribution in [0.5, 0.6) is 0 Å². The van der Waals surface area contributed by atoms with Gasteiger partial charge in [0.15, 0.2) is 0 Å². The first kappa shape index (κ1) is 12.3. The van der Waals surface area contributed by atoms with Gasteiger partial charge in [-0.05, 0) is 12.3 Å². The Morgan fingerprint density at radius 3 is 2.62 bits per heavy atom. The zero-order valence-electron chi connectivity index (χ0n) is 8.81. The second kappa shape index (κ2) is 7.90. The van der Waals surface area contributed by atoms with E-state index in [1.54, 1.807) is 0 Å². The first-order chi connectivity index (χ1) is 6.16.